The molecule has 2 atom stereocenters. The molecule has 0 amide bonds. The van der Waals surface area contributed by atoms with Crippen molar-refractivity contribution in [2.24, 2.45) is 5.92 Å². The molecule has 2 heteroatoms. The molecule has 1 N–H and O–H groups in total. The number of rotatable bonds is 5. The molecular weight excluding hydrogens is 192 g/mol. The molecule has 0 aliphatic carbocycles. The average molecular weight is 212 g/mol. The first kappa shape index (κ1) is 11.7. The molecule has 0 aromatic carbocycles. The van der Waals surface area contributed by atoms with Crippen LogP contribution < -0.4 is 0 Å². The lowest BCUT2D eigenvalue weighted by Gasteiger charge is -2.14. The quantitative estimate of drug-likeness (QED) is 0.784. The van der Waals surface area contributed by atoms with Gasteiger partial charge in [-0.15, -0.1) is 11.3 Å². The van der Waals surface area contributed by atoms with E-state index in [4.69, 9.17) is 0 Å². The number of thiophene rings is 1. The van der Waals surface area contributed by atoms with Gasteiger partial charge in [0.1, 0.15) is 0 Å². The summed E-state index contributed by atoms with van der Waals surface area (Å²) in [4.78, 5) is 2.40. The van der Waals surface area contributed by atoms with Crippen LogP contribution in [0.5, 0.6) is 0 Å². The van der Waals surface area contributed by atoms with Crippen LogP contribution in [0.2, 0.25) is 0 Å². The fourth-order valence-electron chi connectivity index (χ4n) is 1.74. The van der Waals surface area contributed by atoms with Gasteiger partial charge in [-0.2, -0.15) is 0 Å². The van der Waals surface area contributed by atoms with E-state index in [0.29, 0.717) is 5.92 Å². The highest BCUT2D eigenvalue weighted by atomic mass is 32.1. The van der Waals surface area contributed by atoms with Crippen molar-refractivity contribution in [3.05, 3.63) is 21.9 Å². The second kappa shape index (κ2) is 5.52. The van der Waals surface area contributed by atoms with Crippen LogP contribution in [0.1, 0.15) is 49.0 Å². The van der Waals surface area contributed by atoms with Crippen molar-refractivity contribution in [1.82, 2.24) is 0 Å². The summed E-state index contributed by atoms with van der Waals surface area (Å²) < 4.78 is 0. The van der Waals surface area contributed by atoms with Gasteiger partial charge in [-0.25, -0.2) is 0 Å². The Balaban J connectivity index is 2.45. The molecule has 0 spiro atoms. The van der Waals surface area contributed by atoms with E-state index in [9.17, 15) is 5.11 Å². The number of aliphatic hydroxyl groups is 1. The van der Waals surface area contributed by atoms with Crippen molar-refractivity contribution in [2.45, 2.75) is 46.1 Å². The predicted octanol–water partition coefficient (Wildman–Crippen LogP) is 3.92. The summed E-state index contributed by atoms with van der Waals surface area (Å²) in [5.41, 5.74) is 0. The fourth-order valence-corrected chi connectivity index (χ4v) is 2.62. The summed E-state index contributed by atoms with van der Waals surface area (Å²) in [7, 11) is 0. The summed E-state index contributed by atoms with van der Waals surface area (Å²) in [6.45, 7) is 6.49. The number of hydrogen-bond acceptors (Lipinski definition) is 2. The monoisotopic (exact) mass is 212 g/mol. The standard InChI is InChI=1S/C12H20OS/c1-4-5-9(2)8-11(13)12-7-6-10(3)14-12/h6-7,9,11,13H,4-5,8H2,1-3H3. The summed E-state index contributed by atoms with van der Waals surface area (Å²) in [5, 5.41) is 9.94. The third-order valence-electron chi connectivity index (χ3n) is 2.50. The molecule has 14 heavy (non-hydrogen) atoms. The van der Waals surface area contributed by atoms with Crippen LogP contribution in [0.15, 0.2) is 12.1 Å². The van der Waals surface area contributed by atoms with Gasteiger partial charge in [0.2, 0.25) is 0 Å². The van der Waals surface area contributed by atoms with E-state index >= 15 is 0 Å². The van der Waals surface area contributed by atoms with Gasteiger partial charge in [-0.05, 0) is 31.4 Å². The third-order valence-corrected chi connectivity index (χ3v) is 3.60. The molecular formula is C12H20OS. The van der Waals surface area contributed by atoms with Gasteiger partial charge in [0, 0.05) is 9.75 Å². The molecule has 80 valence electrons. The first-order valence-electron chi connectivity index (χ1n) is 5.38. The first-order valence-corrected chi connectivity index (χ1v) is 6.19. The van der Waals surface area contributed by atoms with E-state index in [2.05, 4.69) is 26.8 Å². The van der Waals surface area contributed by atoms with Crippen molar-refractivity contribution in [1.29, 1.82) is 0 Å². The van der Waals surface area contributed by atoms with Crippen LogP contribution in [0, 0.1) is 12.8 Å². The van der Waals surface area contributed by atoms with E-state index in [-0.39, 0.29) is 6.10 Å². The lowest BCUT2D eigenvalue weighted by atomic mass is 9.98. The van der Waals surface area contributed by atoms with Crippen LogP contribution in [-0.4, -0.2) is 5.11 Å². The molecule has 1 nitrogen and oxygen atoms in total. The van der Waals surface area contributed by atoms with Gasteiger partial charge < -0.3 is 5.11 Å². The van der Waals surface area contributed by atoms with E-state index in [1.807, 2.05) is 6.07 Å². The highest BCUT2D eigenvalue weighted by molar-refractivity contribution is 7.11. The molecule has 0 saturated heterocycles. The second-order valence-electron chi connectivity index (χ2n) is 4.09. The maximum Gasteiger partial charge on any atom is 0.0884 e. The van der Waals surface area contributed by atoms with Crippen molar-refractivity contribution < 1.29 is 5.11 Å². The second-order valence-corrected chi connectivity index (χ2v) is 5.41. The summed E-state index contributed by atoms with van der Waals surface area (Å²) in [5.74, 6) is 0.623. The highest BCUT2D eigenvalue weighted by Gasteiger charge is 2.13. The molecule has 1 rings (SSSR count). The Morgan fingerprint density at radius 3 is 2.64 bits per heavy atom. The van der Waals surface area contributed by atoms with Gasteiger partial charge in [-0.1, -0.05) is 26.7 Å². The molecule has 0 radical (unpaired) electrons. The smallest absolute Gasteiger partial charge is 0.0884 e. The van der Waals surface area contributed by atoms with Crippen molar-refractivity contribution in [2.75, 3.05) is 0 Å². The van der Waals surface area contributed by atoms with Crippen molar-refractivity contribution in [3.8, 4) is 0 Å². The van der Waals surface area contributed by atoms with Crippen molar-refractivity contribution >= 4 is 11.3 Å². The van der Waals surface area contributed by atoms with E-state index in [1.165, 1.54) is 17.7 Å². The predicted molar refractivity (Wildman–Crippen MR) is 62.7 cm³/mol. The zero-order valence-electron chi connectivity index (χ0n) is 9.29. The summed E-state index contributed by atoms with van der Waals surface area (Å²) in [6.07, 6.45) is 3.06. The van der Waals surface area contributed by atoms with E-state index in [0.717, 1.165) is 11.3 Å². The maximum absolute atomic E-state index is 9.94. The SMILES string of the molecule is CCCC(C)CC(O)c1ccc(C)s1. The summed E-state index contributed by atoms with van der Waals surface area (Å²) >= 11 is 1.71. The Bertz CT molecular complexity index is 267. The van der Waals surface area contributed by atoms with Crippen LogP contribution in [0.25, 0.3) is 0 Å². The van der Waals surface area contributed by atoms with Gasteiger partial charge >= 0.3 is 0 Å². The lowest BCUT2D eigenvalue weighted by molar-refractivity contribution is 0.148. The van der Waals surface area contributed by atoms with Gasteiger partial charge in [0.25, 0.3) is 0 Å². The van der Waals surface area contributed by atoms with Gasteiger partial charge in [-0.3, -0.25) is 0 Å². The number of hydrogen-bond donors (Lipinski definition) is 1. The third kappa shape index (κ3) is 3.43. The normalized spacial score (nSPS) is 15.4. The number of aryl methyl sites for hydroxylation is 1. The van der Waals surface area contributed by atoms with Crippen molar-refractivity contribution in [3.63, 3.8) is 0 Å². The summed E-state index contributed by atoms with van der Waals surface area (Å²) in [6, 6.07) is 4.12. The fraction of sp³-hybridized carbons (Fsp3) is 0.667. The molecule has 1 aromatic rings. The molecule has 0 bridgehead atoms. The maximum atomic E-state index is 9.94. The van der Waals surface area contributed by atoms with E-state index in [1.54, 1.807) is 11.3 Å². The minimum absolute atomic E-state index is 0.254. The minimum Gasteiger partial charge on any atom is -0.388 e. The molecule has 0 saturated carbocycles. The van der Waals surface area contributed by atoms with Crippen LogP contribution in [-0.2, 0) is 0 Å². The topological polar surface area (TPSA) is 20.2 Å². The van der Waals surface area contributed by atoms with Crippen LogP contribution >= 0.6 is 11.3 Å². The van der Waals surface area contributed by atoms with E-state index < -0.39 is 0 Å². The van der Waals surface area contributed by atoms with Gasteiger partial charge in [0.05, 0.1) is 6.10 Å². The number of aliphatic hydroxyl groups excluding tert-OH is 1. The Morgan fingerprint density at radius 2 is 2.14 bits per heavy atom. The molecule has 1 heterocycles. The molecule has 2 unspecified atom stereocenters. The zero-order valence-corrected chi connectivity index (χ0v) is 10.1. The largest absolute Gasteiger partial charge is 0.388 e. The Hall–Kier alpha value is -0.340. The first-order chi connectivity index (χ1) is 6.63. The van der Waals surface area contributed by atoms with Gasteiger partial charge in [0.15, 0.2) is 0 Å². The molecule has 0 aliphatic rings. The average Bonchev–Trinajstić information content (AvgIpc) is 2.52. The Kier molecular flexibility index (Phi) is 4.63. The molecule has 0 fully saturated rings. The van der Waals surface area contributed by atoms with Crippen LogP contribution in [0.3, 0.4) is 0 Å². The Morgan fingerprint density at radius 1 is 1.43 bits per heavy atom. The van der Waals surface area contributed by atoms with Crippen LogP contribution in [0.4, 0.5) is 0 Å². The Labute approximate surface area is 90.8 Å². The zero-order chi connectivity index (χ0) is 10.6. The minimum atomic E-state index is -0.254. The molecule has 0 aliphatic heterocycles. The highest BCUT2D eigenvalue weighted by Crippen LogP contribution is 2.28. The molecule has 1 aromatic heterocycles. The lowest BCUT2D eigenvalue weighted by Crippen LogP contribution is -2.02.